The second-order valence-corrected chi connectivity index (χ2v) is 8.22. The van der Waals surface area contributed by atoms with Crippen molar-refractivity contribution in [2.45, 2.75) is 63.8 Å². The molecule has 2 aliphatic heterocycles. The van der Waals surface area contributed by atoms with Crippen LogP contribution in [0.5, 0.6) is 5.75 Å². The molecule has 4 nitrogen and oxygen atoms in total. The van der Waals surface area contributed by atoms with Crippen molar-refractivity contribution in [3.05, 3.63) is 29.3 Å². The molecule has 1 aromatic carbocycles. The summed E-state index contributed by atoms with van der Waals surface area (Å²) in [6.07, 6.45) is 3.99. The fraction of sp³-hybridized carbons (Fsp3) is 0.700. The Balaban J connectivity index is 1.55. The van der Waals surface area contributed by atoms with Gasteiger partial charge in [0.25, 0.3) is 0 Å². The zero-order valence-corrected chi connectivity index (χ0v) is 14.8. The molecule has 2 fully saturated rings. The number of aliphatic hydroxyl groups is 1. The lowest BCUT2D eigenvalue weighted by molar-refractivity contribution is -0.0539. The summed E-state index contributed by atoms with van der Waals surface area (Å²) in [6, 6.07) is 6.85. The highest BCUT2D eigenvalue weighted by atomic mass is 16.5. The van der Waals surface area contributed by atoms with Gasteiger partial charge in [0.2, 0.25) is 0 Å². The Morgan fingerprint density at radius 1 is 1.29 bits per heavy atom. The average molecular weight is 331 g/mol. The average Bonchev–Trinajstić information content (AvgIpc) is 3.10. The summed E-state index contributed by atoms with van der Waals surface area (Å²) < 4.78 is 12.0. The van der Waals surface area contributed by atoms with Crippen molar-refractivity contribution in [3.8, 4) is 5.75 Å². The first kappa shape index (κ1) is 16.4. The summed E-state index contributed by atoms with van der Waals surface area (Å²) >= 11 is 0. The third-order valence-electron chi connectivity index (χ3n) is 5.85. The van der Waals surface area contributed by atoms with E-state index in [1.165, 1.54) is 11.1 Å². The maximum atomic E-state index is 10.3. The molecule has 4 heteroatoms. The van der Waals surface area contributed by atoms with Crippen molar-refractivity contribution in [2.24, 2.45) is 5.92 Å². The minimum absolute atomic E-state index is 0.107. The summed E-state index contributed by atoms with van der Waals surface area (Å²) in [5.41, 5.74) is 2.49. The van der Waals surface area contributed by atoms with Gasteiger partial charge in [0, 0.05) is 37.0 Å². The van der Waals surface area contributed by atoms with E-state index in [9.17, 15) is 5.11 Å². The maximum Gasteiger partial charge on any atom is 0.127 e. The molecule has 3 aliphatic rings. The van der Waals surface area contributed by atoms with Crippen molar-refractivity contribution in [3.63, 3.8) is 0 Å². The fourth-order valence-electron chi connectivity index (χ4n) is 4.69. The number of aliphatic hydroxyl groups excluding tert-OH is 1. The second kappa shape index (κ2) is 6.32. The molecule has 1 N–H and O–H groups in total. The monoisotopic (exact) mass is 331 g/mol. The second-order valence-electron chi connectivity index (χ2n) is 8.22. The first-order chi connectivity index (χ1) is 11.5. The highest BCUT2D eigenvalue weighted by Crippen LogP contribution is 2.39. The fourth-order valence-corrected chi connectivity index (χ4v) is 4.69. The highest BCUT2D eigenvalue weighted by molar-refractivity contribution is 5.45. The quantitative estimate of drug-likeness (QED) is 0.925. The van der Waals surface area contributed by atoms with E-state index in [1.807, 2.05) is 0 Å². The van der Waals surface area contributed by atoms with Crippen LogP contribution in [0.25, 0.3) is 0 Å². The van der Waals surface area contributed by atoms with Gasteiger partial charge in [-0.15, -0.1) is 0 Å². The van der Waals surface area contributed by atoms with Crippen LogP contribution in [-0.4, -0.2) is 47.5 Å². The predicted octanol–water partition coefficient (Wildman–Crippen LogP) is 2.76. The van der Waals surface area contributed by atoms with E-state index in [-0.39, 0.29) is 11.7 Å². The molecule has 0 bridgehead atoms. The third kappa shape index (κ3) is 3.07. The van der Waals surface area contributed by atoms with Crippen LogP contribution in [0.15, 0.2) is 18.2 Å². The van der Waals surface area contributed by atoms with E-state index in [0.29, 0.717) is 12.0 Å². The molecule has 0 radical (unpaired) electrons. The normalized spacial score (nSPS) is 32.5. The highest BCUT2D eigenvalue weighted by Gasteiger charge is 2.38. The lowest BCUT2D eigenvalue weighted by Crippen LogP contribution is -2.50. The molecule has 1 saturated carbocycles. The Hall–Kier alpha value is -1.10. The van der Waals surface area contributed by atoms with Crippen molar-refractivity contribution < 1.29 is 14.6 Å². The standard InChI is InChI=1S/C20H29NO3/c1-20(2)11-14-5-3-6-15(19(14)24-20)12-21-9-10-23-13-17(21)16-7-4-8-18(16)22/h3,5-6,16-18,22H,4,7-13H2,1-2H3/t16-,17-,18+/m1/s1. The molecular weight excluding hydrogens is 302 g/mol. The Morgan fingerprint density at radius 3 is 2.96 bits per heavy atom. The van der Waals surface area contributed by atoms with Gasteiger partial charge in [0.05, 0.1) is 19.3 Å². The molecule has 0 aromatic heterocycles. The molecule has 1 saturated heterocycles. The first-order valence-electron chi connectivity index (χ1n) is 9.33. The molecule has 3 atom stereocenters. The zero-order chi connectivity index (χ0) is 16.7. The van der Waals surface area contributed by atoms with Crippen LogP contribution in [-0.2, 0) is 17.7 Å². The molecule has 0 spiro atoms. The van der Waals surface area contributed by atoms with Crippen LogP contribution in [0.4, 0.5) is 0 Å². The predicted molar refractivity (Wildman–Crippen MR) is 93.2 cm³/mol. The molecule has 132 valence electrons. The van der Waals surface area contributed by atoms with Crippen LogP contribution in [0.3, 0.4) is 0 Å². The number of benzene rings is 1. The number of fused-ring (bicyclic) bond motifs is 1. The number of hydrogen-bond donors (Lipinski definition) is 1. The summed E-state index contributed by atoms with van der Waals surface area (Å²) in [5.74, 6) is 1.43. The molecule has 4 rings (SSSR count). The van der Waals surface area contributed by atoms with E-state index in [4.69, 9.17) is 9.47 Å². The van der Waals surface area contributed by atoms with Crippen LogP contribution in [0, 0.1) is 5.92 Å². The number of morpholine rings is 1. The maximum absolute atomic E-state index is 10.3. The number of rotatable bonds is 3. The number of ether oxygens (including phenoxy) is 2. The van der Waals surface area contributed by atoms with Crippen LogP contribution in [0.2, 0.25) is 0 Å². The molecule has 24 heavy (non-hydrogen) atoms. The summed E-state index contributed by atoms with van der Waals surface area (Å²) in [7, 11) is 0. The molecule has 1 aliphatic carbocycles. The van der Waals surface area contributed by atoms with Gasteiger partial charge in [-0.3, -0.25) is 4.90 Å². The topological polar surface area (TPSA) is 41.9 Å². The van der Waals surface area contributed by atoms with Crippen molar-refractivity contribution in [1.29, 1.82) is 0 Å². The van der Waals surface area contributed by atoms with Crippen LogP contribution < -0.4 is 4.74 Å². The summed E-state index contributed by atoms with van der Waals surface area (Å²) in [6.45, 7) is 7.65. The van der Waals surface area contributed by atoms with Gasteiger partial charge in [0.1, 0.15) is 11.4 Å². The number of hydrogen-bond acceptors (Lipinski definition) is 4. The Bertz CT molecular complexity index is 601. The van der Waals surface area contributed by atoms with E-state index >= 15 is 0 Å². The lowest BCUT2D eigenvalue weighted by atomic mass is 9.93. The van der Waals surface area contributed by atoms with Gasteiger partial charge in [-0.25, -0.2) is 0 Å². The first-order valence-corrected chi connectivity index (χ1v) is 9.33. The van der Waals surface area contributed by atoms with Crippen molar-refractivity contribution in [1.82, 2.24) is 4.90 Å². The Morgan fingerprint density at radius 2 is 2.17 bits per heavy atom. The molecule has 0 amide bonds. The largest absolute Gasteiger partial charge is 0.487 e. The van der Waals surface area contributed by atoms with E-state index in [2.05, 4.69) is 36.9 Å². The smallest absolute Gasteiger partial charge is 0.127 e. The van der Waals surface area contributed by atoms with Crippen LogP contribution >= 0.6 is 0 Å². The van der Waals surface area contributed by atoms with E-state index in [0.717, 1.165) is 57.7 Å². The van der Waals surface area contributed by atoms with Crippen molar-refractivity contribution >= 4 is 0 Å². The third-order valence-corrected chi connectivity index (χ3v) is 5.85. The van der Waals surface area contributed by atoms with Gasteiger partial charge in [-0.1, -0.05) is 24.6 Å². The minimum Gasteiger partial charge on any atom is -0.487 e. The zero-order valence-electron chi connectivity index (χ0n) is 14.8. The van der Waals surface area contributed by atoms with E-state index in [1.54, 1.807) is 0 Å². The van der Waals surface area contributed by atoms with Gasteiger partial charge in [-0.2, -0.15) is 0 Å². The Kier molecular flexibility index (Phi) is 4.31. The minimum atomic E-state index is -0.170. The molecule has 2 heterocycles. The summed E-state index contributed by atoms with van der Waals surface area (Å²) in [4.78, 5) is 2.51. The molecular formula is C20H29NO3. The van der Waals surface area contributed by atoms with Crippen LogP contribution in [0.1, 0.15) is 44.2 Å². The van der Waals surface area contributed by atoms with Crippen molar-refractivity contribution in [2.75, 3.05) is 19.8 Å². The molecule has 0 unspecified atom stereocenters. The van der Waals surface area contributed by atoms with Gasteiger partial charge in [-0.05, 0) is 32.3 Å². The summed E-state index contributed by atoms with van der Waals surface area (Å²) in [5, 5.41) is 10.3. The van der Waals surface area contributed by atoms with E-state index < -0.39 is 0 Å². The molecule has 1 aromatic rings. The lowest BCUT2D eigenvalue weighted by Gasteiger charge is -2.40. The number of para-hydroxylation sites is 1. The van der Waals surface area contributed by atoms with Gasteiger partial charge in [0.15, 0.2) is 0 Å². The number of nitrogens with zero attached hydrogens (tertiary/aromatic N) is 1. The Labute approximate surface area is 144 Å². The SMILES string of the molecule is CC1(C)Cc2cccc(CN3CCOC[C@@H]3[C@H]3CCC[C@@H]3O)c2O1. The van der Waals surface area contributed by atoms with Gasteiger partial charge >= 0.3 is 0 Å². The van der Waals surface area contributed by atoms with Gasteiger partial charge < -0.3 is 14.6 Å².